The van der Waals surface area contributed by atoms with Gasteiger partial charge >= 0.3 is 11.9 Å². The second-order valence-electron chi connectivity index (χ2n) is 13.3. The lowest BCUT2D eigenvalue weighted by molar-refractivity contribution is -0.326. The second-order valence-corrected chi connectivity index (χ2v) is 13.3. The first-order chi connectivity index (χ1) is 20.1. The zero-order valence-electron chi connectivity index (χ0n) is 26.9. The molecule has 2 fully saturated rings. The highest BCUT2D eigenvalue weighted by Crippen LogP contribution is 2.62. The fourth-order valence-electron chi connectivity index (χ4n) is 7.71. The minimum atomic E-state index is -1.51. The fourth-order valence-corrected chi connectivity index (χ4v) is 7.71. The second kappa shape index (κ2) is 14.3. The van der Waals surface area contributed by atoms with Crippen LogP contribution in [-0.2, 0) is 28.5 Å². The van der Waals surface area contributed by atoms with Crippen molar-refractivity contribution in [2.24, 2.45) is 22.7 Å². The molecule has 3 aliphatic rings. The van der Waals surface area contributed by atoms with Gasteiger partial charge in [0.2, 0.25) is 0 Å². The summed E-state index contributed by atoms with van der Waals surface area (Å²) in [5, 5.41) is 41.1. The maximum atomic E-state index is 13.1. The Morgan fingerprint density at radius 2 is 1.79 bits per heavy atom. The van der Waals surface area contributed by atoms with E-state index in [2.05, 4.69) is 33.8 Å². The number of hydrogen-bond acceptors (Lipinski definition) is 10. The highest BCUT2D eigenvalue weighted by Gasteiger charge is 2.61. The Labute approximate surface area is 255 Å². The Kier molecular flexibility index (Phi) is 11.8. The van der Waals surface area contributed by atoms with Gasteiger partial charge in [-0.25, -0.2) is 4.79 Å². The summed E-state index contributed by atoms with van der Waals surface area (Å²) in [5.74, 6) is -0.844. The summed E-state index contributed by atoms with van der Waals surface area (Å²) in [7, 11) is 0. The number of aliphatic hydroxyl groups is 4. The lowest BCUT2D eigenvalue weighted by Gasteiger charge is -2.61. The van der Waals surface area contributed by atoms with Crippen LogP contribution in [0.4, 0.5) is 0 Å². The average Bonchev–Trinajstić information content (AvgIpc) is 2.93. The summed E-state index contributed by atoms with van der Waals surface area (Å²) in [5.41, 5.74) is 1.59. The number of esters is 2. The number of rotatable bonds is 10. The predicted octanol–water partition coefficient (Wildman–Crippen LogP) is 3.36. The van der Waals surface area contributed by atoms with Crippen LogP contribution in [0.5, 0.6) is 0 Å². The fraction of sp³-hybridized carbons (Fsp3) is 0.758. The first-order valence-corrected chi connectivity index (χ1v) is 15.4. The Bertz CT molecular complexity index is 1090. The van der Waals surface area contributed by atoms with Crippen LogP contribution >= 0.6 is 0 Å². The number of allylic oxidation sites excluding steroid dienone is 3. The molecular formula is C33H52O10. The van der Waals surface area contributed by atoms with Crippen LogP contribution in [-0.4, -0.2) is 88.5 Å². The first-order valence-electron chi connectivity index (χ1n) is 15.4. The van der Waals surface area contributed by atoms with Gasteiger partial charge in [-0.05, 0) is 76.2 Å². The topological polar surface area (TPSA) is 152 Å². The van der Waals surface area contributed by atoms with Crippen molar-refractivity contribution in [2.45, 2.75) is 124 Å². The molecule has 0 radical (unpaired) electrons. The van der Waals surface area contributed by atoms with Crippen molar-refractivity contribution in [1.29, 1.82) is 0 Å². The highest BCUT2D eigenvalue weighted by atomic mass is 16.7. The van der Waals surface area contributed by atoms with Crippen molar-refractivity contribution >= 4 is 11.9 Å². The lowest BCUT2D eigenvalue weighted by Crippen LogP contribution is -2.64. The highest BCUT2D eigenvalue weighted by molar-refractivity contribution is 5.87. The molecule has 0 amide bonds. The van der Waals surface area contributed by atoms with Gasteiger partial charge in [-0.15, -0.1) is 0 Å². The van der Waals surface area contributed by atoms with Crippen LogP contribution in [0.25, 0.3) is 0 Å². The quantitative estimate of drug-likeness (QED) is 0.165. The van der Waals surface area contributed by atoms with Gasteiger partial charge in [-0.3, -0.25) is 4.79 Å². The third-order valence-electron chi connectivity index (χ3n) is 10.1. The number of aliphatic hydroxyl groups excluding tert-OH is 4. The van der Waals surface area contributed by atoms with Crippen molar-refractivity contribution in [2.75, 3.05) is 13.2 Å². The van der Waals surface area contributed by atoms with Gasteiger partial charge in [0.05, 0.1) is 25.4 Å². The smallest absolute Gasteiger partial charge is 0.333 e. The van der Waals surface area contributed by atoms with Crippen molar-refractivity contribution in [3.05, 3.63) is 34.9 Å². The average molecular weight is 609 g/mol. The maximum absolute atomic E-state index is 13.1. The molecule has 1 saturated heterocycles. The van der Waals surface area contributed by atoms with Crippen LogP contribution in [0.15, 0.2) is 34.9 Å². The van der Waals surface area contributed by atoms with Crippen LogP contribution in [0, 0.1) is 22.7 Å². The van der Waals surface area contributed by atoms with Crippen molar-refractivity contribution in [1.82, 2.24) is 0 Å². The van der Waals surface area contributed by atoms with Crippen molar-refractivity contribution in [3.63, 3.8) is 0 Å². The minimum Gasteiger partial charge on any atom is -0.457 e. The maximum Gasteiger partial charge on any atom is 0.333 e. The number of carbonyl (C=O) groups excluding carboxylic acids is 2. The van der Waals surface area contributed by atoms with E-state index in [9.17, 15) is 30.0 Å². The monoisotopic (exact) mass is 608 g/mol. The molecule has 3 rings (SSSR count). The van der Waals surface area contributed by atoms with Gasteiger partial charge in [-0.1, -0.05) is 44.6 Å². The molecule has 0 aromatic rings. The largest absolute Gasteiger partial charge is 0.457 e. The summed E-state index contributed by atoms with van der Waals surface area (Å²) < 4.78 is 23.9. The molecule has 244 valence electrons. The third kappa shape index (κ3) is 7.43. The van der Waals surface area contributed by atoms with Crippen LogP contribution < -0.4 is 0 Å². The van der Waals surface area contributed by atoms with Gasteiger partial charge in [0.1, 0.15) is 18.3 Å². The van der Waals surface area contributed by atoms with Crippen LogP contribution in [0.1, 0.15) is 81.1 Å². The van der Waals surface area contributed by atoms with Gasteiger partial charge in [0, 0.05) is 17.9 Å². The molecule has 10 atom stereocenters. The van der Waals surface area contributed by atoms with Crippen molar-refractivity contribution in [3.8, 4) is 0 Å². The predicted molar refractivity (Wildman–Crippen MR) is 159 cm³/mol. The Hall–Kier alpha value is -2.08. The first kappa shape index (κ1) is 35.4. The van der Waals surface area contributed by atoms with E-state index < -0.39 is 60.3 Å². The number of ether oxygens (including phenoxy) is 4. The standard InChI is InChI=1S/C33H52O10/c1-9-18(2)30(39)43-29-24(42-31-27(38)26(37)28(20(4)40-31)41-21(5)36)16-33(8)23(12-11-22(17-35)14-15-34)19(3)10-13-25(33)32(29,6)7/h9-10,14,20,23-29,31,34-35,37-38H,11-13,15-17H2,1-8H3. The molecule has 0 aromatic carbocycles. The molecule has 10 unspecified atom stereocenters. The molecule has 1 saturated carbocycles. The third-order valence-corrected chi connectivity index (χ3v) is 10.1. The van der Waals surface area contributed by atoms with Crippen LogP contribution in [0.3, 0.4) is 0 Å². The molecule has 43 heavy (non-hydrogen) atoms. The van der Waals surface area contributed by atoms with E-state index in [1.165, 1.54) is 12.5 Å². The van der Waals surface area contributed by atoms with Gasteiger partial charge < -0.3 is 39.4 Å². The Balaban J connectivity index is 2.00. The molecule has 10 heteroatoms. The molecule has 0 bridgehead atoms. The Morgan fingerprint density at radius 3 is 2.37 bits per heavy atom. The van der Waals surface area contributed by atoms with E-state index in [-0.39, 0.29) is 30.5 Å². The van der Waals surface area contributed by atoms with E-state index in [0.29, 0.717) is 18.4 Å². The van der Waals surface area contributed by atoms with Gasteiger partial charge in [0.25, 0.3) is 0 Å². The molecule has 0 aromatic heterocycles. The zero-order valence-corrected chi connectivity index (χ0v) is 26.9. The van der Waals surface area contributed by atoms with Crippen LogP contribution in [0.2, 0.25) is 0 Å². The summed E-state index contributed by atoms with van der Waals surface area (Å²) >= 11 is 0. The minimum absolute atomic E-state index is 0.103. The van der Waals surface area contributed by atoms with E-state index in [0.717, 1.165) is 18.4 Å². The van der Waals surface area contributed by atoms with E-state index in [1.807, 2.05) is 0 Å². The lowest BCUT2D eigenvalue weighted by atomic mass is 9.46. The van der Waals surface area contributed by atoms with E-state index in [4.69, 9.17) is 18.9 Å². The molecule has 4 N–H and O–H groups in total. The summed E-state index contributed by atoms with van der Waals surface area (Å²) in [6, 6.07) is 0. The Morgan fingerprint density at radius 1 is 1.12 bits per heavy atom. The molecule has 1 aliphatic heterocycles. The molecule has 2 aliphatic carbocycles. The van der Waals surface area contributed by atoms with Crippen molar-refractivity contribution < 1.29 is 49.0 Å². The molecule has 1 heterocycles. The zero-order chi connectivity index (χ0) is 32.3. The number of fused-ring (bicyclic) bond motifs is 1. The molecule has 10 nitrogen and oxygen atoms in total. The molecular weight excluding hydrogens is 556 g/mol. The normalized spacial score (nSPS) is 38.1. The van der Waals surface area contributed by atoms with Gasteiger partial charge in [0.15, 0.2) is 12.4 Å². The molecule has 0 spiro atoms. The van der Waals surface area contributed by atoms with E-state index in [1.54, 1.807) is 32.9 Å². The summed E-state index contributed by atoms with van der Waals surface area (Å²) in [6.45, 7) is 14.6. The SMILES string of the molecule is CC=C(C)C(=O)OC1C(OC2OC(C)C(OC(C)=O)C(O)C2O)CC2(C)C(CCC(=CCO)CO)C(C)=CCC2C1(C)C. The summed E-state index contributed by atoms with van der Waals surface area (Å²) in [4.78, 5) is 24.7. The number of carbonyl (C=O) groups is 2. The number of hydrogen-bond donors (Lipinski definition) is 4. The van der Waals surface area contributed by atoms with E-state index >= 15 is 0 Å². The summed E-state index contributed by atoms with van der Waals surface area (Å²) in [6.07, 6.45) is 0.797. The van der Waals surface area contributed by atoms with Gasteiger partial charge in [-0.2, -0.15) is 0 Å².